The lowest BCUT2D eigenvalue weighted by atomic mass is 10.0. The SMILES string of the molecule is O[C@@H]1CO[C@H]2C1OC[C@H]2Oc1cc2nc(-c3ccc(-c4ccc(OI)cc4)cc3)c(F)cc2n1C1CCCCO1. The average Bonchev–Trinajstić information content (AvgIpc) is 3.68. The van der Waals surface area contributed by atoms with Crippen LogP contribution in [0.25, 0.3) is 33.4 Å². The number of nitrogens with zero attached hydrogens (tertiary/aromatic N) is 2. The van der Waals surface area contributed by atoms with Crippen LogP contribution in [0.2, 0.25) is 0 Å². The molecule has 7 rings (SSSR count). The number of hydrogen-bond donors (Lipinski definition) is 1. The predicted octanol–water partition coefficient (Wildman–Crippen LogP) is 5.84. The van der Waals surface area contributed by atoms with Crippen LogP contribution in [0.15, 0.2) is 60.7 Å². The molecule has 3 aliphatic rings. The molecule has 40 heavy (non-hydrogen) atoms. The molecular formula is C30H28FIN2O6. The summed E-state index contributed by atoms with van der Waals surface area (Å²) in [5.41, 5.74) is 4.23. The van der Waals surface area contributed by atoms with Gasteiger partial charge in [-0.05, 0) is 42.5 Å². The fourth-order valence-electron chi connectivity index (χ4n) is 5.83. The number of ether oxygens (including phenoxy) is 4. The lowest BCUT2D eigenvalue weighted by molar-refractivity contribution is -0.0392. The average molecular weight is 658 g/mol. The van der Waals surface area contributed by atoms with E-state index in [9.17, 15) is 5.11 Å². The van der Waals surface area contributed by atoms with Gasteiger partial charge in [0.15, 0.2) is 40.8 Å². The molecule has 3 saturated heterocycles. The van der Waals surface area contributed by atoms with Crippen molar-refractivity contribution in [3.05, 3.63) is 66.5 Å². The highest BCUT2D eigenvalue weighted by molar-refractivity contribution is 14.1. The van der Waals surface area contributed by atoms with E-state index in [4.69, 9.17) is 27.0 Å². The number of hydrogen-bond acceptors (Lipinski definition) is 7. The highest BCUT2D eigenvalue weighted by Gasteiger charge is 2.48. The number of aliphatic hydroxyl groups excluding tert-OH is 1. The van der Waals surface area contributed by atoms with Crippen LogP contribution in [0.1, 0.15) is 25.5 Å². The summed E-state index contributed by atoms with van der Waals surface area (Å²) in [4.78, 5) is 4.75. The molecule has 0 spiro atoms. The Balaban J connectivity index is 1.23. The Hall–Kier alpha value is -2.77. The molecule has 0 amide bonds. The zero-order valence-corrected chi connectivity index (χ0v) is 23.7. The molecule has 208 valence electrons. The highest BCUT2D eigenvalue weighted by Crippen LogP contribution is 2.38. The monoisotopic (exact) mass is 658 g/mol. The molecule has 3 fully saturated rings. The van der Waals surface area contributed by atoms with Gasteiger partial charge in [-0.25, -0.2) is 9.37 Å². The van der Waals surface area contributed by atoms with E-state index in [0.717, 1.165) is 36.1 Å². The maximum absolute atomic E-state index is 15.7. The molecule has 8 nitrogen and oxygen atoms in total. The minimum atomic E-state index is -0.666. The Morgan fingerprint density at radius 3 is 2.35 bits per heavy atom. The second-order valence-electron chi connectivity index (χ2n) is 10.4. The molecule has 4 aromatic rings. The van der Waals surface area contributed by atoms with Crippen molar-refractivity contribution in [2.45, 2.75) is 49.9 Å². The third-order valence-electron chi connectivity index (χ3n) is 7.87. The standard InChI is InChI=1S/C30H28FIN2O6/c31-21-13-23-22(33-28(21)19-6-4-17(5-7-19)18-8-10-20(40-32)11-9-18)14-27(34(23)26-3-1-2-12-36-26)39-25-16-38-29-24(35)15-37-30(25)29/h4-11,13-14,24-26,29-30,35H,1-3,12,15-16H2/t24-,25-,26?,29?,30-/m1/s1. The van der Waals surface area contributed by atoms with Crippen molar-refractivity contribution in [3.63, 3.8) is 0 Å². The van der Waals surface area contributed by atoms with Crippen molar-refractivity contribution in [2.24, 2.45) is 0 Å². The molecule has 2 unspecified atom stereocenters. The second kappa shape index (κ2) is 10.9. The van der Waals surface area contributed by atoms with Crippen LogP contribution in [0.5, 0.6) is 11.6 Å². The number of halogens is 2. The number of benzene rings is 2. The zero-order chi connectivity index (χ0) is 27.2. The Labute approximate surface area is 244 Å². The number of fused-ring (bicyclic) bond motifs is 2. The maximum atomic E-state index is 15.7. The molecule has 2 aromatic heterocycles. The summed E-state index contributed by atoms with van der Waals surface area (Å²) >= 11 is 1.85. The van der Waals surface area contributed by atoms with Gasteiger partial charge in [-0.1, -0.05) is 36.4 Å². The van der Waals surface area contributed by atoms with Crippen LogP contribution in [0.4, 0.5) is 4.39 Å². The summed E-state index contributed by atoms with van der Waals surface area (Å²) < 4.78 is 46.8. The van der Waals surface area contributed by atoms with Gasteiger partial charge in [-0.15, -0.1) is 0 Å². The number of pyridine rings is 1. The number of aromatic nitrogens is 2. The van der Waals surface area contributed by atoms with Gasteiger partial charge in [0, 0.05) is 24.3 Å². The Morgan fingerprint density at radius 1 is 0.900 bits per heavy atom. The normalized spacial score (nSPS) is 26.2. The quantitative estimate of drug-likeness (QED) is 0.261. The van der Waals surface area contributed by atoms with E-state index >= 15 is 4.39 Å². The van der Waals surface area contributed by atoms with E-state index in [-0.39, 0.29) is 24.6 Å². The van der Waals surface area contributed by atoms with Gasteiger partial charge in [-0.2, -0.15) is 0 Å². The molecule has 0 bridgehead atoms. The number of rotatable bonds is 6. The first kappa shape index (κ1) is 26.1. The summed E-state index contributed by atoms with van der Waals surface area (Å²) in [5, 5.41) is 10.1. The fraction of sp³-hybridized carbons (Fsp3) is 0.367. The molecule has 3 aliphatic heterocycles. The minimum absolute atomic E-state index is 0.219. The topological polar surface area (TPSA) is 84.2 Å². The zero-order valence-electron chi connectivity index (χ0n) is 21.5. The summed E-state index contributed by atoms with van der Waals surface area (Å²) in [7, 11) is 0. The van der Waals surface area contributed by atoms with E-state index in [1.165, 1.54) is 6.07 Å². The van der Waals surface area contributed by atoms with E-state index in [2.05, 4.69) is 0 Å². The van der Waals surface area contributed by atoms with Crippen molar-refractivity contribution < 1.29 is 31.5 Å². The first-order valence-electron chi connectivity index (χ1n) is 13.5. The van der Waals surface area contributed by atoms with Crippen molar-refractivity contribution in [3.8, 4) is 34.0 Å². The molecule has 2 aromatic carbocycles. The van der Waals surface area contributed by atoms with Crippen LogP contribution in [0, 0.1) is 5.82 Å². The predicted molar refractivity (Wildman–Crippen MR) is 154 cm³/mol. The highest BCUT2D eigenvalue weighted by atomic mass is 127. The van der Waals surface area contributed by atoms with E-state index in [1.54, 1.807) is 0 Å². The van der Waals surface area contributed by atoms with Crippen molar-refractivity contribution in [2.75, 3.05) is 19.8 Å². The molecule has 5 heterocycles. The van der Waals surface area contributed by atoms with Gasteiger partial charge in [0.2, 0.25) is 0 Å². The fourth-order valence-corrected chi connectivity index (χ4v) is 6.13. The lowest BCUT2D eigenvalue weighted by Gasteiger charge is -2.27. The summed E-state index contributed by atoms with van der Waals surface area (Å²) in [6, 6.07) is 18.8. The van der Waals surface area contributed by atoms with Gasteiger partial charge >= 0.3 is 0 Å². The van der Waals surface area contributed by atoms with Crippen LogP contribution in [-0.4, -0.2) is 58.9 Å². The second-order valence-corrected chi connectivity index (χ2v) is 10.8. The van der Waals surface area contributed by atoms with Gasteiger partial charge in [-0.3, -0.25) is 4.57 Å². The first-order valence-corrected chi connectivity index (χ1v) is 14.4. The van der Waals surface area contributed by atoms with Crippen molar-refractivity contribution in [1.82, 2.24) is 9.55 Å². The molecule has 10 heteroatoms. The first-order chi connectivity index (χ1) is 19.6. The van der Waals surface area contributed by atoms with E-state index < -0.39 is 24.1 Å². The molecule has 0 aliphatic carbocycles. The smallest absolute Gasteiger partial charge is 0.198 e. The van der Waals surface area contributed by atoms with Crippen molar-refractivity contribution in [1.29, 1.82) is 0 Å². The summed E-state index contributed by atoms with van der Waals surface area (Å²) in [6.07, 6.45) is 0.659. The van der Waals surface area contributed by atoms with E-state index in [1.807, 2.05) is 82.2 Å². The largest absolute Gasteiger partial charge is 0.470 e. The van der Waals surface area contributed by atoms with Crippen LogP contribution >= 0.6 is 23.0 Å². The third kappa shape index (κ3) is 4.75. The molecule has 1 N–H and O–H groups in total. The summed E-state index contributed by atoms with van der Waals surface area (Å²) in [6.45, 7) is 1.15. The minimum Gasteiger partial charge on any atom is -0.470 e. The van der Waals surface area contributed by atoms with Crippen LogP contribution in [-0.2, 0) is 14.2 Å². The molecule has 0 radical (unpaired) electrons. The van der Waals surface area contributed by atoms with Gasteiger partial charge in [0.25, 0.3) is 0 Å². The van der Waals surface area contributed by atoms with Crippen molar-refractivity contribution >= 4 is 34.0 Å². The van der Waals surface area contributed by atoms with E-state index in [0.29, 0.717) is 35.7 Å². The Bertz CT molecular complexity index is 1510. The van der Waals surface area contributed by atoms with Crippen LogP contribution in [0.3, 0.4) is 0 Å². The maximum Gasteiger partial charge on any atom is 0.198 e. The third-order valence-corrected chi connectivity index (χ3v) is 8.38. The van der Waals surface area contributed by atoms with Gasteiger partial charge in [0.1, 0.15) is 36.0 Å². The molecule has 5 atom stereocenters. The Kier molecular flexibility index (Phi) is 7.13. The summed E-state index contributed by atoms with van der Waals surface area (Å²) in [5.74, 6) is 0.888. The van der Waals surface area contributed by atoms with Crippen LogP contribution < -0.4 is 7.80 Å². The lowest BCUT2D eigenvalue weighted by Crippen LogP contribution is -2.35. The Morgan fingerprint density at radius 2 is 1.62 bits per heavy atom. The number of aliphatic hydroxyl groups is 1. The van der Waals surface area contributed by atoms with Gasteiger partial charge < -0.3 is 27.1 Å². The molecule has 0 saturated carbocycles. The molecular weight excluding hydrogens is 630 g/mol. The van der Waals surface area contributed by atoms with Gasteiger partial charge in [0.05, 0.1) is 24.2 Å².